The maximum atomic E-state index is 4.19. The van der Waals surface area contributed by atoms with Crippen LogP contribution in [0.15, 0.2) is 16.7 Å². The molecular formula is C8H9BrN6. The van der Waals surface area contributed by atoms with E-state index in [9.17, 15) is 0 Å². The van der Waals surface area contributed by atoms with E-state index < -0.39 is 0 Å². The van der Waals surface area contributed by atoms with Gasteiger partial charge in [0.2, 0.25) is 0 Å². The Morgan fingerprint density at radius 3 is 3.07 bits per heavy atom. The van der Waals surface area contributed by atoms with Gasteiger partial charge in [-0.1, -0.05) is 5.21 Å². The number of aromatic nitrogens is 5. The third-order valence-electron chi connectivity index (χ3n) is 1.86. The number of hydrogen-bond donors (Lipinski definition) is 2. The molecule has 0 atom stereocenters. The number of nitrogens with zero attached hydrogens (tertiary/aromatic N) is 4. The Labute approximate surface area is 94.6 Å². The van der Waals surface area contributed by atoms with E-state index in [-0.39, 0.29) is 0 Å². The summed E-state index contributed by atoms with van der Waals surface area (Å²) in [7, 11) is 0. The van der Waals surface area contributed by atoms with Crippen molar-refractivity contribution in [1.29, 1.82) is 0 Å². The Morgan fingerprint density at radius 1 is 1.53 bits per heavy atom. The normalized spacial score (nSPS) is 10.3. The molecule has 0 amide bonds. The number of rotatable bonds is 3. The summed E-state index contributed by atoms with van der Waals surface area (Å²) in [5.74, 6) is 1.40. The zero-order chi connectivity index (χ0) is 10.7. The lowest BCUT2D eigenvalue weighted by molar-refractivity contribution is 0.881. The lowest BCUT2D eigenvalue weighted by atomic mass is 10.3. The Hall–Kier alpha value is -1.50. The van der Waals surface area contributed by atoms with Gasteiger partial charge in [0.25, 0.3) is 0 Å². The SMILES string of the molecule is Cc1cc(NCc2nn[nH]n2)ncc1Br. The largest absolute Gasteiger partial charge is 0.363 e. The molecule has 0 aromatic carbocycles. The fourth-order valence-electron chi connectivity index (χ4n) is 1.06. The highest BCUT2D eigenvalue weighted by Crippen LogP contribution is 2.17. The molecule has 0 saturated heterocycles. The molecule has 0 bridgehead atoms. The van der Waals surface area contributed by atoms with Gasteiger partial charge in [-0.05, 0) is 34.5 Å². The third-order valence-corrected chi connectivity index (χ3v) is 2.69. The Bertz CT molecular complexity index is 440. The van der Waals surface area contributed by atoms with E-state index >= 15 is 0 Å². The first kappa shape index (κ1) is 10.0. The van der Waals surface area contributed by atoms with Crippen LogP contribution >= 0.6 is 15.9 Å². The van der Waals surface area contributed by atoms with E-state index in [1.54, 1.807) is 6.20 Å². The number of tetrazole rings is 1. The molecule has 7 heteroatoms. The summed E-state index contributed by atoms with van der Waals surface area (Å²) < 4.78 is 0.993. The number of hydrogen-bond acceptors (Lipinski definition) is 5. The van der Waals surface area contributed by atoms with Gasteiger partial charge in [-0.25, -0.2) is 4.98 Å². The second kappa shape index (κ2) is 4.35. The van der Waals surface area contributed by atoms with Gasteiger partial charge in [-0.3, -0.25) is 0 Å². The van der Waals surface area contributed by atoms with E-state index in [0.717, 1.165) is 15.9 Å². The topological polar surface area (TPSA) is 79.4 Å². The second-order valence-corrected chi connectivity index (χ2v) is 3.85. The lowest BCUT2D eigenvalue weighted by Gasteiger charge is -2.04. The molecule has 0 fully saturated rings. The molecule has 15 heavy (non-hydrogen) atoms. The van der Waals surface area contributed by atoms with Gasteiger partial charge in [0.05, 0.1) is 6.54 Å². The van der Waals surface area contributed by atoms with Crippen LogP contribution in [-0.2, 0) is 6.54 Å². The average Bonchev–Trinajstić information content (AvgIpc) is 2.73. The fraction of sp³-hybridized carbons (Fsp3) is 0.250. The molecule has 2 rings (SSSR count). The van der Waals surface area contributed by atoms with Crippen LogP contribution in [0.4, 0.5) is 5.82 Å². The van der Waals surface area contributed by atoms with Gasteiger partial charge in [0.15, 0.2) is 5.82 Å². The number of anilines is 1. The number of pyridine rings is 1. The standard InChI is InChI=1S/C8H9BrN6/c1-5-2-7(10-3-6(5)9)11-4-8-12-14-15-13-8/h2-3H,4H2,1H3,(H,10,11)(H,12,13,14,15). The van der Waals surface area contributed by atoms with Crippen molar-refractivity contribution in [2.24, 2.45) is 0 Å². The number of aromatic amines is 1. The molecule has 6 nitrogen and oxygen atoms in total. The number of aryl methyl sites for hydroxylation is 1. The van der Waals surface area contributed by atoms with Crippen LogP contribution in [0.5, 0.6) is 0 Å². The molecule has 2 heterocycles. The highest BCUT2D eigenvalue weighted by Gasteiger charge is 2.00. The Kier molecular flexibility index (Phi) is 2.91. The number of nitrogens with one attached hydrogen (secondary N) is 2. The first-order valence-electron chi connectivity index (χ1n) is 4.34. The van der Waals surface area contributed by atoms with Gasteiger partial charge >= 0.3 is 0 Å². The van der Waals surface area contributed by atoms with Crippen LogP contribution in [-0.4, -0.2) is 25.6 Å². The molecule has 78 valence electrons. The fourth-order valence-corrected chi connectivity index (χ4v) is 1.28. The van der Waals surface area contributed by atoms with Gasteiger partial charge in [0, 0.05) is 10.7 Å². The maximum absolute atomic E-state index is 4.19. The van der Waals surface area contributed by atoms with Crippen molar-refractivity contribution in [1.82, 2.24) is 25.6 Å². The minimum absolute atomic E-state index is 0.505. The molecule has 0 aliphatic carbocycles. The first-order valence-corrected chi connectivity index (χ1v) is 5.13. The third kappa shape index (κ3) is 2.50. The van der Waals surface area contributed by atoms with Crippen molar-refractivity contribution in [3.63, 3.8) is 0 Å². The first-order chi connectivity index (χ1) is 7.25. The van der Waals surface area contributed by atoms with Crippen molar-refractivity contribution < 1.29 is 0 Å². The molecule has 0 radical (unpaired) electrons. The molecule has 2 aromatic heterocycles. The molecular weight excluding hydrogens is 260 g/mol. The Balaban J connectivity index is 2.02. The van der Waals surface area contributed by atoms with E-state index in [1.807, 2.05) is 13.0 Å². The summed E-state index contributed by atoms with van der Waals surface area (Å²) in [6, 6.07) is 1.95. The summed E-state index contributed by atoms with van der Waals surface area (Å²) in [6.07, 6.45) is 1.76. The van der Waals surface area contributed by atoms with Crippen LogP contribution < -0.4 is 5.32 Å². The van der Waals surface area contributed by atoms with Crippen LogP contribution in [0.3, 0.4) is 0 Å². The van der Waals surface area contributed by atoms with Crippen LogP contribution in [0, 0.1) is 6.92 Å². The van der Waals surface area contributed by atoms with Crippen molar-refractivity contribution in [3.8, 4) is 0 Å². The van der Waals surface area contributed by atoms with E-state index in [0.29, 0.717) is 12.4 Å². The molecule has 0 saturated carbocycles. The van der Waals surface area contributed by atoms with E-state index in [2.05, 4.69) is 46.9 Å². The summed E-state index contributed by atoms with van der Waals surface area (Å²) in [6.45, 7) is 2.51. The van der Waals surface area contributed by atoms with Crippen LogP contribution in [0.1, 0.15) is 11.4 Å². The summed E-state index contributed by atoms with van der Waals surface area (Å²) in [5.41, 5.74) is 1.13. The number of H-pyrrole nitrogens is 1. The van der Waals surface area contributed by atoms with E-state index in [4.69, 9.17) is 0 Å². The van der Waals surface area contributed by atoms with Crippen LogP contribution in [0.25, 0.3) is 0 Å². The smallest absolute Gasteiger partial charge is 0.193 e. The molecule has 2 N–H and O–H groups in total. The van der Waals surface area contributed by atoms with Gasteiger partial charge in [-0.2, -0.15) is 5.21 Å². The Morgan fingerprint density at radius 2 is 2.40 bits per heavy atom. The quantitative estimate of drug-likeness (QED) is 0.877. The average molecular weight is 269 g/mol. The van der Waals surface area contributed by atoms with Gasteiger partial charge < -0.3 is 5.32 Å². The lowest BCUT2D eigenvalue weighted by Crippen LogP contribution is -2.03. The zero-order valence-corrected chi connectivity index (χ0v) is 9.61. The minimum Gasteiger partial charge on any atom is -0.363 e. The monoisotopic (exact) mass is 268 g/mol. The van der Waals surface area contributed by atoms with Gasteiger partial charge in [-0.15, -0.1) is 10.2 Å². The van der Waals surface area contributed by atoms with Crippen molar-refractivity contribution >= 4 is 21.7 Å². The highest BCUT2D eigenvalue weighted by atomic mass is 79.9. The second-order valence-electron chi connectivity index (χ2n) is 3.00. The molecule has 0 aliphatic rings. The minimum atomic E-state index is 0.505. The summed E-state index contributed by atoms with van der Waals surface area (Å²) in [4.78, 5) is 4.19. The van der Waals surface area contributed by atoms with Crippen LogP contribution in [0.2, 0.25) is 0 Å². The molecule has 0 spiro atoms. The van der Waals surface area contributed by atoms with Gasteiger partial charge in [0.1, 0.15) is 5.82 Å². The predicted molar refractivity (Wildman–Crippen MR) is 58.2 cm³/mol. The van der Waals surface area contributed by atoms with Crippen molar-refractivity contribution in [2.75, 3.05) is 5.32 Å². The summed E-state index contributed by atoms with van der Waals surface area (Å²) in [5, 5.41) is 16.6. The van der Waals surface area contributed by atoms with Crippen molar-refractivity contribution in [2.45, 2.75) is 13.5 Å². The molecule has 2 aromatic rings. The predicted octanol–water partition coefficient (Wildman–Crippen LogP) is 1.28. The molecule has 0 aliphatic heterocycles. The zero-order valence-electron chi connectivity index (χ0n) is 8.03. The maximum Gasteiger partial charge on any atom is 0.193 e. The number of halogens is 1. The molecule has 0 unspecified atom stereocenters. The van der Waals surface area contributed by atoms with Crippen molar-refractivity contribution in [3.05, 3.63) is 28.1 Å². The van der Waals surface area contributed by atoms with E-state index in [1.165, 1.54) is 0 Å². The summed E-state index contributed by atoms with van der Waals surface area (Å²) >= 11 is 3.39. The highest BCUT2D eigenvalue weighted by molar-refractivity contribution is 9.10.